The molecule has 2 fully saturated rings. The van der Waals surface area contributed by atoms with Gasteiger partial charge in [-0.25, -0.2) is 0 Å². The third kappa shape index (κ3) is 5.98. The van der Waals surface area contributed by atoms with Crippen LogP contribution in [0.3, 0.4) is 0 Å². The van der Waals surface area contributed by atoms with Gasteiger partial charge in [-0.1, -0.05) is 121 Å². The highest BCUT2D eigenvalue weighted by atomic mass is 31.2. The zero-order chi connectivity index (χ0) is 38.2. The zero-order valence-electron chi connectivity index (χ0n) is 31.2. The first-order valence-corrected chi connectivity index (χ1v) is 21.8. The van der Waals surface area contributed by atoms with E-state index in [4.69, 9.17) is 36.6 Å². The van der Waals surface area contributed by atoms with Crippen LogP contribution in [0.15, 0.2) is 146 Å². The first-order valence-electron chi connectivity index (χ1n) is 19.6. The molecule has 4 aliphatic rings. The van der Waals surface area contributed by atoms with Crippen LogP contribution in [0.25, 0.3) is 43.1 Å². The van der Waals surface area contributed by atoms with Crippen LogP contribution < -0.4 is 18.1 Å². The van der Waals surface area contributed by atoms with Crippen LogP contribution in [0, 0.1) is 0 Å². The molecule has 0 unspecified atom stereocenters. The number of hydrogen-bond acceptors (Lipinski definition) is 8. The van der Waals surface area contributed by atoms with Crippen molar-refractivity contribution in [3.63, 3.8) is 0 Å². The summed E-state index contributed by atoms with van der Waals surface area (Å²) in [5.74, 6) is 2.98. The van der Waals surface area contributed by atoms with Crippen molar-refractivity contribution in [3.8, 4) is 23.0 Å². The van der Waals surface area contributed by atoms with Gasteiger partial charge in [-0.2, -0.15) is 0 Å². The molecule has 0 aliphatic carbocycles. The van der Waals surface area contributed by atoms with Crippen molar-refractivity contribution in [1.29, 1.82) is 0 Å². The van der Waals surface area contributed by atoms with Crippen molar-refractivity contribution < 1.29 is 36.6 Å². The minimum Gasteiger partial charge on any atom is -0.417 e. The van der Waals surface area contributed by atoms with E-state index in [9.17, 15) is 0 Å². The van der Waals surface area contributed by atoms with E-state index in [-0.39, 0.29) is 0 Å². The summed E-state index contributed by atoms with van der Waals surface area (Å²) in [5, 5.41) is 9.20. The van der Waals surface area contributed by atoms with Gasteiger partial charge in [0.05, 0.1) is 13.2 Å². The van der Waals surface area contributed by atoms with Crippen LogP contribution in [-0.2, 0) is 31.4 Å². The minimum atomic E-state index is -1.90. The minimum absolute atomic E-state index is 0.291. The Morgan fingerprint density at radius 2 is 0.655 bits per heavy atom. The highest BCUT2D eigenvalue weighted by Crippen LogP contribution is 2.54. The molecule has 8 aromatic carbocycles. The average Bonchev–Trinajstić information content (AvgIpc) is 3.84. The molecule has 4 atom stereocenters. The monoisotopic (exact) mass is 802 g/mol. The highest BCUT2D eigenvalue weighted by molar-refractivity contribution is 7.43. The van der Waals surface area contributed by atoms with E-state index >= 15 is 0 Å². The second-order valence-corrected chi connectivity index (χ2v) is 17.1. The summed E-state index contributed by atoms with van der Waals surface area (Å²) in [6.45, 7) is 0.582. The van der Waals surface area contributed by atoms with Crippen molar-refractivity contribution in [3.05, 3.63) is 168 Å². The Morgan fingerprint density at radius 3 is 0.966 bits per heavy atom. The van der Waals surface area contributed by atoms with Gasteiger partial charge in [-0.05, 0) is 67.4 Å². The summed E-state index contributed by atoms with van der Waals surface area (Å²) in [4.78, 5) is 0. The second-order valence-electron chi connectivity index (χ2n) is 15.1. The van der Waals surface area contributed by atoms with Crippen LogP contribution in [0.4, 0.5) is 0 Å². The van der Waals surface area contributed by atoms with Gasteiger partial charge in [0.25, 0.3) is 0 Å². The van der Waals surface area contributed by atoms with Gasteiger partial charge in [0.1, 0.15) is 47.4 Å². The number of hydrogen-bond donors (Lipinski definition) is 0. The Balaban J connectivity index is 0.836. The molecule has 4 aliphatic heterocycles. The molecule has 8 nitrogen and oxygen atoms in total. The summed E-state index contributed by atoms with van der Waals surface area (Å²) >= 11 is 0. The fraction of sp³-hybridized carbons (Fsp3) is 0.167. The summed E-state index contributed by atoms with van der Waals surface area (Å²) in [7, 11) is -3.81. The summed E-state index contributed by atoms with van der Waals surface area (Å²) < 4.78 is 53.0. The van der Waals surface area contributed by atoms with Crippen molar-refractivity contribution in [2.45, 2.75) is 37.3 Å². The Kier molecular flexibility index (Phi) is 8.51. The molecule has 0 saturated carbocycles. The maximum Gasteiger partial charge on any atom is 0.463 e. The lowest BCUT2D eigenvalue weighted by molar-refractivity contribution is 0.0134. The predicted octanol–water partition coefficient (Wildman–Crippen LogP) is 11.7. The van der Waals surface area contributed by atoms with Gasteiger partial charge in [0.2, 0.25) is 0 Å². The third-order valence-corrected chi connectivity index (χ3v) is 14.1. The molecule has 0 amide bonds. The molecule has 58 heavy (non-hydrogen) atoms. The van der Waals surface area contributed by atoms with Gasteiger partial charge < -0.3 is 27.6 Å². The van der Waals surface area contributed by atoms with Gasteiger partial charge in [0, 0.05) is 35.1 Å². The lowest BCUT2D eigenvalue weighted by Gasteiger charge is -2.28. The van der Waals surface area contributed by atoms with Crippen molar-refractivity contribution in [2.24, 2.45) is 0 Å². The molecule has 4 heterocycles. The molecule has 0 spiro atoms. The van der Waals surface area contributed by atoms with Gasteiger partial charge in [-0.15, -0.1) is 0 Å². The van der Waals surface area contributed by atoms with Crippen LogP contribution in [-0.4, -0.2) is 37.6 Å². The highest BCUT2D eigenvalue weighted by Gasteiger charge is 2.52. The first-order chi connectivity index (χ1) is 28.7. The van der Waals surface area contributed by atoms with Crippen molar-refractivity contribution in [1.82, 2.24) is 0 Å². The lowest BCUT2D eigenvalue weighted by atomic mass is 9.93. The number of fused-ring (bicyclic) bond motifs is 13. The summed E-state index contributed by atoms with van der Waals surface area (Å²) in [5.41, 5.74) is 4.41. The molecule has 2 saturated heterocycles. The average molecular weight is 803 g/mol. The van der Waals surface area contributed by atoms with E-state index in [0.29, 0.717) is 26.1 Å². The summed E-state index contributed by atoms with van der Waals surface area (Å²) in [6, 6.07) is 50.2. The van der Waals surface area contributed by atoms with E-state index in [1.807, 2.05) is 24.3 Å². The standard InChI is InChI=1S/C48H36O8P2/c1-5-13-33-29(9-1)17-21-41-37(33)25-38-34-14-6-2-10-30(34)18-22-42(38)52-57(51-41)55-45-27-49-48-46(28-50-47(45)48)56-58-53-43-23-19-31-11-3-7-15-35(31)39(43)26-40-36-16-8-4-12-32(36)20-24-44(40)54-58/h1-24,45-48H,25-28H2/t45-,46-,47-,48-/m1/s1. The van der Waals surface area contributed by atoms with E-state index in [1.165, 1.54) is 0 Å². The van der Waals surface area contributed by atoms with Gasteiger partial charge in [0.15, 0.2) is 0 Å². The van der Waals surface area contributed by atoms with Gasteiger partial charge in [-0.3, -0.25) is 9.05 Å². The number of benzene rings is 8. The van der Waals surface area contributed by atoms with E-state index in [2.05, 4.69) is 121 Å². The van der Waals surface area contributed by atoms with E-state index < -0.39 is 41.6 Å². The van der Waals surface area contributed by atoms with Crippen molar-refractivity contribution >= 4 is 60.3 Å². The molecular formula is C48H36O8P2. The van der Waals surface area contributed by atoms with Crippen LogP contribution in [0.1, 0.15) is 22.3 Å². The topological polar surface area (TPSA) is 73.8 Å². The van der Waals surface area contributed by atoms with E-state index in [1.54, 1.807) is 0 Å². The molecule has 0 aromatic heterocycles. The first kappa shape index (κ1) is 34.7. The van der Waals surface area contributed by atoms with Crippen LogP contribution in [0.5, 0.6) is 23.0 Å². The Hall–Kier alpha value is -5.30. The summed E-state index contributed by atoms with van der Waals surface area (Å²) in [6.07, 6.45) is -0.412. The SMILES string of the molecule is c1ccc2c3c(ccc2c1)OP(O[C@@H]1CO[C@H]2[C@@H]1OC[C@H]2OP1Oc2ccc4ccccc4c2Cc2c(ccc4ccccc24)O1)Oc1ccc2ccccc2c1C3. The maximum absolute atomic E-state index is 6.75. The molecule has 8 aromatic rings. The molecule has 0 N–H and O–H groups in total. The molecular weight excluding hydrogens is 766 g/mol. The van der Waals surface area contributed by atoms with E-state index in [0.717, 1.165) is 88.3 Å². The number of ether oxygens (including phenoxy) is 2. The Bertz CT molecular complexity index is 2530. The molecule has 12 rings (SSSR count). The maximum atomic E-state index is 6.75. The molecule has 286 valence electrons. The Labute approximate surface area is 337 Å². The lowest BCUT2D eigenvalue weighted by Crippen LogP contribution is -2.33. The van der Waals surface area contributed by atoms with Crippen molar-refractivity contribution in [2.75, 3.05) is 13.2 Å². The largest absolute Gasteiger partial charge is 0.463 e. The van der Waals surface area contributed by atoms with Crippen LogP contribution >= 0.6 is 17.2 Å². The fourth-order valence-electron chi connectivity index (χ4n) is 8.96. The molecule has 10 heteroatoms. The predicted molar refractivity (Wildman–Crippen MR) is 227 cm³/mol. The number of rotatable bonds is 4. The zero-order valence-corrected chi connectivity index (χ0v) is 32.9. The quantitative estimate of drug-likeness (QED) is 0.163. The normalized spacial score (nSPS) is 21.6. The molecule has 0 radical (unpaired) electrons. The Morgan fingerprint density at radius 1 is 0.362 bits per heavy atom. The third-order valence-electron chi connectivity index (χ3n) is 11.8. The van der Waals surface area contributed by atoms with Crippen LogP contribution in [0.2, 0.25) is 0 Å². The molecule has 0 bridgehead atoms. The fourth-order valence-corrected chi connectivity index (χ4v) is 11.3. The van der Waals surface area contributed by atoms with Gasteiger partial charge >= 0.3 is 17.2 Å². The second kappa shape index (κ2) is 14.2. The smallest absolute Gasteiger partial charge is 0.417 e.